The van der Waals surface area contributed by atoms with Crippen LogP contribution in [-0.4, -0.2) is 12.0 Å². The van der Waals surface area contributed by atoms with E-state index in [9.17, 15) is 9.18 Å². The van der Waals surface area contributed by atoms with Gasteiger partial charge in [-0.25, -0.2) is 4.39 Å². The Morgan fingerprint density at radius 3 is 2.71 bits per heavy atom. The summed E-state index contributed by atoms with van der Waals surface area (Å²) in [6, 6.07) is 8.89. The molecule has 2 aromatic carbocycles. The number of carbonyl (C=O) groups excluding carboxylic acids is 1. The van der Waals surface area contributed by atoms with Crippen molar-refractivity contribution in [1.29, 1.82) is 0 Å². The maximum atomic E-state index is 14.0. The van der Waals surface area contributed by atoms with Crippen molar-refractivity contribution >= 4 is 43.5 Å². The zero-order valence-electron chi connectivity index (χ0n) is 13.0. The van der Waals surface area contributed by atoms with Crippen LogP contribution < -0.4 is 10.1 Å². The number of ether oxygens (including phenoxy) is 1. The van der Waals surface area contributed by atoms with Gasteiger partial charge in [0, 0.05) is 8.95 Å². The van der Waals surface area contributed by atoms with Crippen LogP contribution in [0.5, 0.6) is 5.75 Å². The summed E-state index contributed by atoms with van der Waals surface area (Å²) in [5.41, 5.74) is 2.73. The summed E-state index contributed by atoms with van der Waals surface area (Å²) in [5, 5.41) is 2.57. The number of hydrogen-bond donors (Lipinski definition) is 1. The molecule has 1 N–H and O–H groups in total. The number of carbonyl (C=O) groups is 1. The summed E-state index contributed by atoms with van der Waals surface area (Å²) in [4.78, 5) is 12.3. The third-order valence-corrected chi connectivity index (χ3v) is 5.09. The van der Waals surface area contributed by atoms with Crippen LogP contribution in [0.4, 0.5) is 10.1 Å². The lowest BCUT2D eigenvalue weighted by Crippen LogP contribution is -2.30. The van der Waals surface area contributed by atoms with Gasteiger partial charge in [-0.15, -0.1) is 0 Å². The van der Waals surface area contributed by atoms with E-state index in [1.54, 1.807) is 13.0 Å². The predicted molar refractivity (Wildman–Crippen MR) is 99.0 cm³/mol. The Morgan fingerprint density at radius 2 is 1.96 bits per heavy atom. The van der Waals surface area contributed by atoms with Gasteiger partial charge in [-0.2, -0.15) is 0 Å². The number of nitrogens with one attached hydrogen (secondary N) is 1. The van der Waals surface area contributed by atoms with Crippen molar-refractivity contribution in [3.8, 4) is 5.75 Å². The standard InChI is InChI=1S/C18H16Br2FNO2/c1-10(24-14-6-5-11-3-2-4-12(11)7-14)18(23)22-17-15(20)8-13(19)9-16(17)21/h5-10H,2-4H2,1H3,(H,22,23). The fourth-order valence-corrected chi connectivity index (χ4v) is 4.04. The Bertz CT molecular complexity index is 772. The fraction of sp³-hybridized carbons (Fsp3) is 0.278. The third kappa shape index (κ3) is 3.81. The number of aryl methyl sites for hydroxylation is 2. The maximum absolute atomic E-state index is 14.0. The first-order chi connectivity index (χ1) is 11.4. The van der Waals surface area contributed by atoms with E-state index >= 15 is 0 Å². The number of amides is 1. The predicted octanol–water partition coefficient (Wildman–Crippen LogP) is 5.25. The maximum Gasteiger partial charge on any atom is 0.265 e. The molecule has 6 heteroatoms. The number of benzene rings is 2. The molecule has 0 saturated heterocycles. The van der Waals surface area contributed by atoms with Gasteiger partial charge in [0.25, 0.3) is 5.91 Å². The van der Waals surface area contributed by atoms with Gasteiger partial charge in [0.2, 0.25) is 0 Å². The van der Waals surface area contributed by atoms with Crippen LogP contribution in [0.3, 0.4) is 0 Å². The van der Waals surface area contributed by atoms with Crippen LogP contribution >= 0.6 is 31.9 Å². The van der Waals surface area contributed by atoms with Crippen molar-refractivity contribution in [2.75, 3.05) is 5.32 Å². The van der Waals surface area contributed by atoms with Crippen molar-refractivity contribution in [2.24, 2.45) is 0 Å². The van der Waals surface area contributed by atoms with Crippen LogP contribution in [0.1, 0.15) is 24.5 Å². The number of hydrogen-bond acceptors (Lipinski definition) is 2. The average Bonchev–Trinajstić information content (AvgIpc) is 2.98. The van der Waals surface area contributed by atoms with Crippen LogP contribution in [0.25, 0.3) is 0 Å². The first-order valence-corrected chi connectivity index (χ1v) is 9.26. The molecule has 0 saturated carbocycles. The van der Waals surface area contributed by atoms with Crippen LogP contribution in [0.2, 0.25) is 0 Å². The molecule has 0 fully saturated rings. The zero-order chi connectivity index (χ0) is 17.3. The molecule has 0 bridgehead atoms. The highest BCUT2D eigenvalue weighted by molar-refractivity contribution is 9.11. The van der Waals surface area contributed by atoms with E-state index in [0.29, 0.717) is 14.7 Å². The van der Waals surface area contributed by atoms with E-state index < -0.39 is 17.8 Å². The van der Waals surface area contributed by atoms with E-state index in [-0.39, 0.29) is 5.69 Å². The summed E-state index contributed by atoms with van der Waals surface area (Å²) >= 11 is 6.45. The Kier molecular flexibility index (Phi) is 5.25. The molecule has 3 nitrogen and oxygen atoms in total. The lowest BCUT2D eigenvalue weighted by molar-refractivity contribution is -0.122. The molecular weight excluding hydrogens is 441 g/mol. The van der Waals surface area contributed by atoms with Gasteiger partial charge in [-0.05, 0) is 77.5 Å². The minimum absolute atomic E-state index is 0.104. The molecule has 0 spiro atoms. The van der Waals surface area contributed by atoms with Crippen LogP contribution in [0, 0.1) is 5.82 Å². The molecule has 0 heterocycles. The minimum Gasteiger partial charge on any atom is -0.481 e. The Hall–Kier alpha value is -1.40. The molecule has 1 atom stereocenters. The van der Waals surface area contributed by atoms with Gasteiger partial charge in [0.15, 0.2) is 6.10 Å². The lowest BCUT2D eigenvalue weighted by atomic mass is 10.1. The summed E-state index contributed by atoms with van der Waals surface area (Å²) < 4.78 is 20.8. The quantitative estimate of drug-likeness (QED) is 0.682. The second-order valence-corrected chi connectivity index (χ2v) is 7.55. The SMILES string of the molecule is CC(Oc1ccc2c(c1)CCC2)C(=O)Nc1c(F)cc(Br)cc1Br. The topological polar surface area (TPSA) is 38.3 Å². The third-order valence-electron chi connectivity index (χ3n) is 4.01. The van der Waals surface area contributed by atoms with Crippen molar-refractivity contribution in [1.82, 2.24) is 0 Å². The number of anilines is 1. The summed E-state index contributed by atoms with van der Waals surface area (Å²) in [5.74, 6) is -0.264. The normalized spacial score (nSPS) is 14.2. The largest absolute Gasteiger partial charge is 0.481 e. The lowest BCUT2D eigenvalue weighted by Gasteiger charge is -2.16. The molecule has 24 heavy (non-hydrogen) atoms. The first-order valence-electron chi connectivity index (χ1n) is 7.68. The van der Waals surface area contributed by atoms with Gasteiger partial charge in [-0.3, -0.25) is 4.79 Å². The molecule has 0 radical (unpaired) electrons. The van der Waals surface area contributed by atoms with E-state index in [1.165, 1.54) is 17.2 Å². The molecule has 2 aromatic rings. The van der Waals surface area contributed by atoms with Gasteiger partial charge in [0.05, 0.1) is 5.69 Å². The first kappa shape index (κ1) is 17.4. The molecule has 1 aliphatic rings. The monoisotopic (exact) mass is 455 g/mol. The molecule has 1 unspecified atom stereocenters. The van der Waals surface area contributed by atoms with Crippen molar-refractivity contribution in [3.05, 3.63) is 56.2 Å². The van der Waals surface area contributed by atoms with Gasteiger partial charge < -0.3 is 10.1 Å². The van der Waals surface area contributed by atoms with E-state index in [0.717, 1.165) is 19.3 Å². The average molecular weight is 457 g/mol. The smallest absolute Gasteiger partial charge is 0.265 e. The van der Waals surface area contributed by atoms with Crippen molar-refractivity contribution in [3.63, 3.8) is 0 Å². The number of fused-ring (bicyclic) bond motifs is 1. The highest BCUT2D eigenvalue weighted by atomic mass is 79.9. The van der Waals surface area contributed by atoms with Gasteiger partial charge in [0.1, 0.15) is 11.6 Å². The highest BCUT2D eigenvalue weighted by Crippen LogP contribution is 2.30. The molecule has 1 amide bonds. The second kappa shape index (κ2) is 7.23. The molecule has 0 aliphatic heterocycles. The summed E-state index contributed by atoms with van der Waals surface area (Å²) in [6.45, 7) is 1.65. The Balaban J connectivity index is 1.69. The minimum atomic E-state index is -0.737. The number of rotatable bonds is 4. The van der Waals surface area contributed by atoms with Crippen LogP contribution in [-0.2, 0) is 17.6 Å². The van der Waals surface area contributed by atoms with Gasteiger partial charge in [-0.1, -0.05) is 22.0 Å². The van der Waals surface area contributed by atoms with Crippen molar-refractivity contribution < 1.29 is 13.9 Å². The Morgan fingerprint density at radius 1 is 1.21 bits per heavy atom. The van der Waals surface area contributed by atoms with Gasteiger partial charge >= 0.3 is 0 Å². The molecule has 1 aliphatic carbocycles. The number of halogens is 3. The summed E-state index contributed by atoms with van der Waals surface area (Å²) in [7, 11) is 0. The fourth-order valence-electron chi connectivity index (χ4n) is 2.77. The van der Waals surface area contributed by atoms with Crippen LogP contribution in [0.15, 0.2) is 39.3 Å². The molecule has 126 valence electrons. The Labute approximate surface area is 156 Å². The summed E-state index contributed by atoms with van der Waals surface area (Å²) in [6.07, 6.45) is 2.57. The van der Waals surface area contributed by atoms with E-state index in [2.05, 4.69) is 37.2 Å². The highest BCUT2D eigenvalue weighted by Gasteiger charge is 2.19. The second-order valence-electron chi connectivity index (χ2n) is 5.78. The zero-order valence-corrected chi connectivity index (χ0v) is 16.2. The molecular formula is C18H16Br2FNO2. The van der Waals surface area contributed by atoms with Crippen molar-refractivity contribution in [2.45, 2.75) is 32.3 Å². The van der Waals surface area contributed by atoms with E-state index in [1.807, 2.05) is 18.2 Å². The molecule has 0 aromatic heterocycles. The molecule has 3 rings (SSSR count). The van der Waals surface area contributed by atoms with E-state index in [4.69, 9.17) is 4.74 Å².